The third kappa shape index (κ3) is 4.57. The molecule has 0 spiro atoms. The van der Waals surface area contributed by atoms with E-state index in [1.165, 1.54) is 16.9 Å². The van der Waals surface area contributed by atoms with Crippen LogP contribution in [0.1, 0.15) is 45.9 Å². The van der Waals surface area contributed by atoms with Gasteiger partial charge in [0.1, 0.15) is 5.75 Å². The van der Waals surface area contributed by atoms with Crippen molar-refractivity contribution >= 4 is 5.91 Å². The Hall–Kier alpha value is -3.29. The van der Waals surface area contributed by atoms with Crippen molar-refractivity contribution in [3.8, 4) is 11.4 Å². The Morgan fingerprint density at radius 1 is 1.19 bits per heavy atom. The van der Waals surface area contributed by atoms with Crippen molar-refractivity contribution in [1.82, 2.24) is 15.1 Å². The maximum absolute atomic E-state index is 13.1. The molecule has 0 bridgehead atoms. The standard InChI is InChI=1S/C23H22F3N3O2/c1-31-20-8-3-2-5-15(20)11-12-27-22(30)19-14-28-29(21(19)16-9-10-16)18-7-4-6-17(13-18)23(24,25)26/h2-8,13-14,16H,9-12H2,1H3,(H,27,30). The molecule has 0 radical (unpaired) electrons. The number of rotatable bonds is 7. The number of benzene rings is 2. The zero-order chi connectivity index (χ0) is 22.0. The molecule has 4 rings (SSSR count). The Morgan fingerprint density at radius 2 is 1.97 bits per heavy atom. The van der Waals surface area contributed by atoms with Gasteiger partial charge < -0.3 is 10.1 Å². The van der Waals surface area contributed by atoms with E-state index >= 15 is 0 Å². The average molecular weight is 429 g/mol. The first-order valence-corrected chi connectivity index (χ1v) is 10.0. The molecule has 8 heteroatoms. The molecule has 1 heterocycles. The Morgan fingerprint density at radius 3 is 2.68 bits per heavy atom. The van der Waals surface area contributed by atoms with Crippen LogP contribution in [0.15, 0.2) is 54.7 Å². The predicted molar refractivity (Wildman–Crippen MR) is 110 cm³/mol. The van der Waals surface area contributed by atoms with Crippen LogP contribution >= 0.6 is 0 Å². The highest BCUT2D eigenvalue weighted by molar-refractivity contribution is 5.95. The van der Waals surface area contributed by atoms with Crippen molar-refractivity contribution in [3.05, 3.63) is 77.1 Å². The molecule has 5 nitrogen and oxygen atoms in total. The van der Waals surface area contributed by atoms with Crippen molar-refractivity contribution in [3.63, 3.8) is 0 Å². The molecule has 0 aliphatic heterocycles. The Balaban J connectivity index is 1.53. The molecule has 2 aromatic carbocycles. The van der Waals surface area contributed by atoms with Crippen LogP contribution in [-0.4, -0.2) is 29.3 Å². The van der Waals surface area contributed by atoms with E-state index in [2.05, 4.69) is 10.4 Å². The Bertz CT molecular complexity index is 1090. The second-order valence-corrected chi connectivity index (χ2v) is 7.50. The summed E-state index contributed by atoms with van der Waals surface area (Å²) in [5, 5.41) is 7.15. The predicted octanol–water partition coefficient (Wildman–Crippen LogP) is 4.75. The molecule has 1 fully saturated rings. The first kappa shape index (κ1) is 21.0. The van der Waals surface area contributed by atoms with Gasteiger partial charge in [0, 0.05) is 12.5 Å². The minimum atomic E-state index is -4.44. The fourth-order valence-corrected chi connectivity index (χ4v) is 3.62. The monoisotopic (exact) mass is 429 g/mol. The lowest BCUT2D eigenvalue weighted by Crippen LogP contribution is -2.26. The third-order valence-electron chi connectivity index (χ3n) is 5.31. The number of alkyl halides is 3. The van der Waals surface area contributed by atoms with Gasteiger partial charge in [-0.2, -0.15) is 18.3 Å². The molecule has 1 N–H and O–H groups in total. The molecule has 162 valence electrons. The van der Waals surface area contributed by atoms with Gasteiger partial charge in [-0.15, -0.1) is 0 Å². The number of aromatic nitrogens is 2. The molecule has 3 aromatic rings. The summed E-state index contributed by atoms with van der Waals surface area (Å²) in [6.45, 7) is 0.401. The number of methoxy groups -OCH3 is 1. The van der Waals surface area contributed by atoms with E-state index in [0.717, 1.165) is 36.3 Å². The van der Waals surface area contributed by atoms with Gasteiger partial charge in [0.05, 0.1) is 35.8 Å². The normalized spacial score (nSPS) is 13.8. The van der Waals surface area contributed by atoms with E-state index in [1.54, 1.807) is 13.2 Å². The van der Waals surface area contributed by atoms with Gasteiger partial charge in [0.2, 0.25) is 0 Å². The lowest BCUT2D eigenvalue weighted by atomic mass is 10.1. The van der Waals surface area contributed by atoms with Crippen molar-refractivity contribution in [1.29, 1.82) is 0 Å². The second kappa shape index (κ2) is 8.45. The van der Waals surface area contributed by atoms with E-state index in [-0.39, 0.29) is 11.8 Å². The van der Waals surface area contributed by atoms with Crippen LogP contribution in [0, 0.1) is 0 Å². The minimum absolute atomic E-state index is 0.118. The molecule has 1 aliphatic carbocycles. The van der Waals surface area contributed by atoms with E-state index in [9.17, 15) is 18.0 Å². The van der Waals surface area contributed by atoms with E-state index in [4.69, 9.17) is 4.74 Å². The molecular weight excluding hydrogens is 407 g/mol. The topological polar surface area (TPSA) is 56.1 Å². The van der Waals surface area contributed by atoms with Crippen molar-refractivity contribution < 1.29 is 22.7 Å². The number of hydrogen-bond donors (Lipinski definition) is 1. The Labute approximate surface area is 177 Å². The summed E-state index contributed by atoms with van der Waals surface area (Å²) < 4.78 is 46.1. The van der Waals surface area contributed by atoms with Crippen molar-refractivity contribution in [2.75, 3.05) is 13.7 Å². The van der Waals surface area contributed by atoms with Crippen LogP contribution in [0.2, 0.25) is 0 Å². The zero-order valence-corrected chi connectivity index (χ0v) is 16.9. The van der Waals surface area contributed by atoms with E-state index in [0.29, 0.717) is 29.9 Å². The summed E-state index contributed by atoms with van der Waals surface area (Å²) in [4.78, 5) is 12.8. The van der Waals surface area contributed by atoms with Crippen LogP contribution < -0.4 is 10.1 Å². The number of amides is 1. The number of halogens is 3. The van der Waals surface area contributed by atoms with Gasteiger partial charge >= 0.3 is 6.18 Å². The zero-order valence-electron chi connectivity index (χ0n) is 16.9. The van der Waals surface area contributed by atoms with E-state index < -0.39 is 11.7 Å². The van der Waals surface area contributed by atoms with Gasteiger partial charge in [-0.25, -0.2) is 4.68 Å². The third-order valence-corrected chi connectivity index (χ3v) is 5.31. The lowest BCUT2D eigenvalue weighted by Gasteiger charge is -2.12. The molecule has 31 heavy (non-hydrogen) atoms. The maximum Gasteiger partial charge on any atom is 0.416 e. The first-order chi connectivity index (χ1) is 14.9. The Kier molecular flexibility index (Phi) is 5.71. The number of hydrogen-bond acceptors (Lipinski definition) is 3. The van der Waals surface area contributed by atoms with Crippen LogP contribution in [0.4, 0.5) is 13.2 Å². The van der Waals surface area contributed by atoms with Crippen molar-refractivity contribution in [2.24, 2.45) is 0 Å². The van der Waals surface area contributed by atoms with Gasteiger partial charge in [-0.05, 0) is 49.1 Å². The molecule has 1 amide bonds. The minimum Gasteiger partial charge on any atom is -0.496 e. The molecule has 0 unspecified atom stereocenters. The number of carbonyl (C=O) groups excluding carboxylic acids is 1. The molecular formula is C23H22F3N3O2. The lowest BCUT2D eigenvalue weighted by molar-refractivity contribution is -0.137. The number of nitrogens with one attached hydrogen (secondary N) is 1. The highest BCUT2D eigenvalue weighted by atomic mass is 19.4. The summed E-state index contributed by atoms with van der Waals surface area (Å²) in [6.07, 6.45) is -0.650. The number of para-hydroxylation sites is 1. The number of ether oxygens (including phenoxy) is 1. The summed E-state index contributed by atoms with van der Waals surface area (Å²) in [7, 11) is 1.60. The molecule has 0 saturated heterocycles. The van der Waals surface area contributed by atoms with Crippen LogP contribution in [-0.2, 0) is 12.6 Å². The maximum atomic E-state index is 13.1. The van der Waals surface area contributed by atoms with E-state index in [1.807, 2.05) is 24.3 Å². The number of nitrogens with zero attached hydrogens (tertiary/aromatic N) is 2. The highest BCUT2D eigenvalue weighted by Gasteiger charge is 2.34. The largest absolute Gasteiger partial charge is 0.496 e. The summed E-state index contributed by atoms with van der Waals surface area (Å²) in [5.41, 5.74) is 1.59. The fraction of sp³-hybridized carbons (Fsp3) is 0.304. The van der Waals surface area contributed by atoms with Gasteiger partial charge in [0.15, 0.2) is 0 Å². The fourth-order valence-electron chi connectivity index (χ4n) is 3.62. The molecule has 1 aromatic heterocycles. The molecule has 1 aliphatic rings. The summed E-state index contributed by atoms with van der Waals surface area (Å²) >= 11 is 0. The average Bonchev–Trinajstić information content (AvgIpc) is 3.51. The second-order valence-electron chi connectivity index (χ2n) is 7.50. The summed E-state index contributed by atoms with van der Waals surface area (Å²) in [6, 6.07) is 12.6. The molecule has 1 saturated carbocycles. The van der Waals surface area contributed by atoms with Crippen LogP contribution in [0.3, 0.4) is 0 Å². The molecule has 0 atom stereocenters. The SMILES string of the molecule is COc1ccccc1CCNC(=O)c1cnn(-c2cccc(C(F)(F)F)c2)c1C1CC1. The first-order valence-electron chi connectivity index (χ1n) is 10.0. The van der Waals surface area contributed by atoms with Gasteiger partial charge in [-0.3, -0.25) is 4.79 Å². The quantitative estimate of drug-likeness (QED) is 0.590. The van der Waals surface area contributed by atoms with Crippen molar-refractivity contribution in [2.45, 2.75) is 31.4 Å². The number of carbonyl (C=O) groups is 1. The van der Waals surface area contributed by atoms with Crippen LogP contribution in [0.25, 0.3) is 5.69 Å². The van der Waals surface area contributed by atoms with Crippen LogP contribution in [0.5, 0.6) is 5.75 Å². The summed E-state index contributed by atoms with van der Waals surface area (Å²) in [5.74, 6) is 0.592. The smallest absolute Gasteiger partial charge is 0.416 e. The van der Waals surface area contributed by atoms with Gasteiger partial charge in [0.25, 0.3) is 5.91 Å². The van der Waals surface area contributed by atoms with Gasteiger partial charge in [-0.1, -0.05) is 24.3 Å². The highest BCUT2D eigenvalue weighted by Crippen LogP contribution is 2.42.